The predicted octanol–water partition coefficient (Wildman–Crippen LogP) is 7.33. The summed E-state index contributed by atoms with van der Waals surface area (Å²) in [5.74, 6) is 5.00. The Bertz CT molecular complexity index is 415. The van der Waals surface area contributed by atoms with E-state index < -0.39 is 0 Å². The lowest BCUT2D eigenvalue weighted by Crippen LogP contribution is -2.30. The molecule has 0 radical (unpaired) electrons. The van der Waals surface area contributed by atoms with E-state index in [9.17, 15) is 0 Å². The summed E-state index contributed by atoms with van der Waals surface area (Å²) < 4.78 is 5.56. The van der Waals surface area contributed by atoms with Gasteiger partial charge in [-0.1, -0.05) is 18.2 Å². The average molecular weight is 359 g/mol. The van der Waals surface area contributed by atoms with Crippen LogP contribution in [-0.2, 0) is 4.74 Å². The standard InChI is InChI=1S/C25H42O/c1-3-4-5-6-7-20-8-10-21(11-9-20)22-12-14-23(15-13-22)24-16-18-25(26-2)19-17-24/h3,6-7,20-25H,1,4-5,8-19H2,2H3/b7-6+. The summed E-state index contributed by atoms with van der Waals surface area (Å²) in [5, 5.41) is 0. The second-order valence-electron chi connectivity index (χ2n) is 9.42. The summed E-state index contributed by atoms with van der Waals surface area (Å²) in [5.41, 5.74) is 0. The molecule has 3 aliphatic carbocycles. The van der Waals surface area contributed by atoms with Crippen LogP contribution in [0.4, 0.5) is 0 Å². The number of ether oxygens (including phenoxy) is 1. The van der Waals surface area contributed by atoms with Crippen LogP contribution in [0.25, 0.3) is 0 Å². The van der Waals surface area contributed by atoms with E-state index in [4.69, 9.17) is 4.74 Å². The molecule has 1 heteroatoms. The molecule has 3 fully saturated rings. The zero-order valence-electron chi connectivity index (χ0n) is 17.2. The first-order valence-electron chi connectivity index (χ1n) is 11.6. The molecule has 0 spiro atoms. The van der Waals surface area contributed by atoms with Crippen LogP contribution in [0.2, 0.25) is 0 Å². The highest BCUT2D eigenvalue weighted by Crippen LogP contribution is 2.45. The Morgan fingerprint density at radius 3 is 1.62 bits per heavy atom. The van der Waals surface area contributed by atoms with Gasteiger partial charge in [0.05, 0.1) is 6.10 Å². The third-order valence-electron chi connectivity index (χ3n) is 7.96. The summed E-state index contributed by atoms with van der Waals surface area (Å²) in [6.45, 7) is 3.81. The second-order valence-corrected chi connectivity index (χ2v) is 9.42. The van der Waals surface area contributed by atoms with Crippen molar-refractivity contribution < 1.29 is 4.74 Å². The fourth-order valence-electron chi connectivity index (χ4n) is 6.20. The van der Waals surface area contributed by atoms with Crippen molar-refractivity contribution in [1.82, 2.24) is 0 Å². The minimum absolute atomic E-state index is 0.559. The smallest absolute Gasteiger partial charge is 0.0571 e. The number of hydrogen-bond acceptors (Lipinski definition) is 1. The van der Waals surface area contributed by atoms with Gasteiger partial charge in [-0.15, -0.1) is 6.58 Å². The minimum atomic E-state index is 0.559. The van der Waals surface area contributed by atoms with Gasteiger partial charge in [-0.05, 0) is 119 Å². The number of unbranched alkanes of at least 4 members (excludes halogenated alkanes) is 1. The molecule has 1 nitrogen and oxygen atoms in total. The van der Waals surface area contributed by atoms with Gasteiger partial charge in [0.2, 0.25) is 0 Å². The molecule has 3 saturated carbocycles. The molecule has 0 N–H and O–H groups in total. The highest BCUT2D eigenvalue weighted by Gasteiger charge is 2.34. The van der Waals surface area contributed by atoms with Crippen molar-refractivity contribution in [3.63, 3.8) is 0 Å². The molecule has 0 atom stereocenters. The fraction of sp³-hybridized carbons (Fsp3) is 0.840. The van der Waals surface area contributed by atoms with Gasteiger partial charge in [0.25, 0.3) is 0 Å². The van der Waals surface area contributed by atoms with Crippen LogP contribution in [0.1, 0.15) is 89.9 Å². The van der Waals surface area contributed by atoms with Gasteiger partial charge in [-0.2, -0.15) is 0 Å². The molecular formula is C25H42O. The van der Waals surface area contributed by atoms with E-state index >= 15 is 0 Å². The minimum Gasteiger partial charge on any atom is -0.381 e. The Hall–Kier alpha value is -0.560. The number of hydrogen-bond donors (Lipinski definition) is 0. The van der Waals surface area contributed by atoms with Crippen LogP contribution < -0.4 is 0 Å². The van der Waals surface area contributed by atoms with E-state index in [2.05, 4.69) is 18.7 Å². The maximum absolute atomic E-state index is 5.56. The van der Waals surface area contributed by atoms with Crippen LogP contribution in [0, 0.1) is 29.6 Å². The van der Waals surface area contributed by atoms with Crippen LogP contribution in [0.5, 0.6) is 0 Å². The monoisotopic (exact) mass is 358 g/mol. The Morgan fingerprint density at radius 2 is 1.15 bits per heavy atom. The van der Waals surface area contributed by atoms with Crippen molar-refractivity contribution in [2.24, 2.45) is 29.6 Å². The highest BCUT2D eigenvalue weighted by atomic mass is 16.5. The molecule has 26 heavy (non-hydrogen) atoms. The topological polar surface area (TPSA) is 9.23 Å². The largest absolute Gasteiger partial charge is 0.381 e. The Balaban J connectivity index is 1.34. The van der Waals surface area contributed by atoms with Crippen LogP contribution in [-0.4, -0.2) is 13.2 Å². The van der Waals surface area contributed by atoms with Crippen LogP contribution in [0.3, 0.4) is 0 Å². The average Bonchev–Trinajstić information content (AvgIpc) is 2.72. The van der Waals surface area contributed by atoms with Crippen molar-refractivity contribution >= 4 is 0 Å². The van der Waals surface area contributed by atoms with E-state index in [0.717, 1.165) is 36.0 Å². The van der Waals surface area contributed by atoms with Crippen LogP contribution in [0.15, 0.2) is 24.8 Å². The maximum atomic E-state index is 5.56. The molecule has 0 aromatic heterocycles. The van der Waals surface area contributed by atoms with Crippen molar-refractivity contribution in [1.29, 1.82) is 0 Å². The Labute approximate surface area is 162 Å². The maximum Gasteiger partial charge on any atom is 0.0571 e. The molecule has 0 bridgehead atoms. The molecule has 0 saturated heterocycles. The summed E-state index contributed by atoms with van der Waals surface area (Å²) in [4.78, 5) is 0. The van der Waals surface area contributed by atoms with E-state index in [1.807, 2.05) is 13.2 Å². The van der Waals surface area contributed by atoms with E-state index in [1.54, 1.807) is 0 Å². The van der Waals surface area contributed by atoms with Gasteiger partial charge in [0.1, 0.15) is 0 Å². The van der Waals surface area contributed by atoms with Gasteiger partial charge in [-0.3, -0.25) is 0 Å². The van der Waals surface area contributed by atoms with E-state index in [1.165, 1.54) is 83.5 Å². The van der Waals surface area contributed by atoms with Gasteiger partial charge < -0.3 is 4.74 Å². The lowest BCUT2D eigenvalue weighted by molar-refractivity contribution is 0.0359. The summed E-state index contributed by atoms with van der Waals surface area (Å²) in [6, 6.07) is 0. The number of rotatable bonds is 7. The summed E-state index contributed by atoms with van der Waals surface area (Å²) in [7, 11) is 1.89. The normalized spacial score (nSPS) is 39.1. The van der Waals surface area contributed by atoms with Gasteiger partial charge in [0.15, 0.2) is 0 Å². The number of methoxy groups -OCH3 is 1. The second kappa shape index (κ2) is 10.7. The molecule has 0 unspecified atom stereocenters. The molecule has 0 heterocycles. The third kappa shape index (κ3) is 5.72. The third-order valence-corrected chi connectivity index (χ3v) is 7.96. The van der Waals surface area contributed by atoms with Crippen molar-refractivity contribution in [3.05, 3.63) is 24.8 Å². The first kappa shape index (κ1) is 20.2. The first-order chi connectivity index (χ1) is 12.8. The molecule has 0 amide bonds. The van der Waals surface area contributed by atoms with Crippen molar-refractivity contribution in [3.8, 4) is 0 Å². The predicted molar refractivity (Wildman–Crippen MR) is 112 cm³/mol. The Kier molecular flexibility index (Phi) is 8.30. The zero-order valence-corrected chi connectivity index (χ0v) is 17.2. The zero-order chi connectivity index (χ0) is 18.2. The van der Waals surface area contributed by atoms with Crippen molar-refractivity contribution in [2.75, 3.05) is 7.11 Å². The SMILES string of the molecule is C=CCC/C=C/C1CCC(C2CCC(C3CCC(OC)CC3)CC2)CC1. The molecule has 0 aliphatic heterocycles. The summed E-state index contributed by atoms with van der Waals surface area (Å²) in [6.07, 6.45) is 27.2. The Morgan fingerprint density at radius 1 is 0.692 bits per heavy atom. The fourth-order valence-corrected chi connectivity index (χ4v) is 6.20. The molecule has 0 aromatic carbocycles. The summed E-state index contributed by atoms with van der Waals surface area (Å²) >= 11 is 0. The quantitative estimate of drug-likeness (QED) is 0.342. The number of allylic oxidation sites excluding steroid dienone is 3. The van der Waals surface area contributed by atoms with Gasteiger partial charge >= 0.3 is 0 Å². The molecule has 0 aromatic rings. The molecule has 3 aliphatic rings. The first-order valence-corrected chi connectivity index (χ1v) is 11.6. The van der Waals surface area contributed by atoms with Crippen LogP contribution >= 0.6 is 0 Å². The molecule has 3 rings (SSSR count). The molecular weight excluding hydrogens is 316 g/mol. The van der Waals surface area contributed by atoms with Gasteiger partial charge in [-0.25, -0.2) is 0 Å². The highest BCUT2D eigenvalue weighted by molar-refractivity contribution is 4.93. The lowest BCUT2D eigenvalue weighted by Gasteiger charge is -2.41. The molecule has 148 valence electrons. The van der Waals surface area contributed by atoms with Crippen molar-refractivity contribution in [2.45, 2.75) is 96.0 Å². The van der Waals surface area contributed by atoms with Gasteiger partial charge in [0, 0.05) is 7.11 Å². The van der Waals surface area contributed by atoms with E-state index in [0.29, 0.717) is 6.10 Å². The van der Waals surface area contributed by atoms with E-state index in [-0.39, 0.29) is 0 Å². The lowest BCUT2D eigenvalue weighted by atomic mass is 9.65.